The third-order valence-electron chi connectivity index (χ3n) is 4.71. The highest BCUT2D eigenvalue weighted by Crippen LogP contribution is 2.36. The second-order valence-electron chi connectivity index (χ2n) is 6.75. The fraction of sp³-hybridized carbons (Fsp3) is 0.174. The van der Waals surface area contributed by atoms with E-state index in [2.05, 4.69) is 11.1 Å². The van der Waals surface area contributed by atoms with Gasteiger partial charge in [0.1, 0.15) is 22.7 Å². The van der Waals surface area contributed by atoms with E-state index in [1.54, 1.807) is 12.1 Å². The molecule has 1 aromatic heterocycles. The van der Waals surface area contributed by atoms with Crippen molar-refractivity contribution < 1.29 is 9.18 Å². The molecule has 4 rings (SSSR count). The molecule has 0 saturated heterocycles. The van der Waals surface area contributed by atoms with Crippen molar-refractivity contribution in [1.29, 1.82) is 5.26 Å². The van der Waals surface area contributed by atoms with Crippen LogP contribution in [0.2, 0.25) is 0 Å². The lowest BCUT2D eigenvalue weighted by molar-refractivity contribution is -0.117. The quantitative estimate of drug-likeness (QED) is 0.524. The highest BCUT2D eigenvalue weighted by atomic mass is 32.2. The third kappa shape index (κ3) is 3.97. The Morgan fingerprint density at radius 1 is 1.11 bits per heavy atom. The fourth-order valence-electron chi connectivity index (χ4n) is 3.01. The van der Waals surface area contributed by atoms with Crippen molar-refractivity contribution in [2.24, 2.45) is 5.92 Å². The molecule has 0 aliphatic heterocycles. The Morgan fingerprint density at radius 3 is 2.46 bits per heavy atom. The summed E-state index contributed by atoms with van der Waals surface area (Å²) in [7, 11) is 0. The molecular formula is C23H17FN2OS. The van der Waals surface area contributed by atoms with Crippen molar-refractivity contribution in [3.05, 3.63) is 72.0 Å². The predicted molar refractivity (Wildman–Crippen MR) is 108 cm³/mol. The minimum Gasteiger partial charge on any atom is -0.298 e. The van der Waals surface area contributed by atoms with E-state index >= 15 is 0 Å². The van der Waals surface area contributed by atoms with E-state index in [0.717, 1.165) is 29.5 Å². The van der Waals surface area contributed by atoms with Crippen molar-refractivity contribution in [2.75, 3.05) is 5.75 Å². The number of rotatable bonds is 6. The summed E-state index contributed by atoms with van der Waals surface area (Å²) in [4.78, 5) is 16.8. The normalized spacial score (nSPS) is 13.1. The molecule has 0 unspecified atom stereocenters. The van der Waals surface area contributed by atoms with Crippen LogP contribution in [0.1, 0.15) is 18.4 Å². The van der Waals surface area contributed by atoms with E-state index in [4.69, 9.17) is 0 Å². The van der Waals surface area contributed by atoms with E-state index in [1.807, 2.05) is 36.4 Å². The molecule has 1 heterocycles. The Bertz CT molecular complexity index is 1050. The van der Waals surface area contributed by atoms with Crippen LogP contribution in [0.5, 0.6) is 0 Å². The predicted octanol–water partition coefficient (Wildman–Crippen LogP) is 5.50. The lowest BCUT2D eigenvalue weighted by Crippen LogP contribution is -2.05. The highest BCUT2D eigenvalue weighted by Gasteiger charge is 2.29. The monoisotopic (exact) mass is 388 g/mol. The Hall–Kier alpha value is -2.97. The van der Waals surface area contributed by atoms with Crippen LogP contribution in [0.3, 0.4) is 0 Å². The van der Waals surface area contributed by atoms with E-state index < -0.39 is 0 Å². The molecule has 1 aliphatic rings. The van der Waals surface area contributed by atoms with Crippen molar-refractivity contribution >= 4 is 17.5 Å². The minimum absolute atomic E-state index is 0.173. The van der Waals surface area contributed by atoms with Gasteiger partial charge in [0.25, 0.3) is 0 Å². The first-order chi connectivity index (χ1) is 13.7. The lowest BCUT2D eigenvalue weighted by Gasteiger charge is -2.12. The maximum absolute atomic E-state index is 13.3. The number of nitrogens with zero attached hydrogens (tertiary/aromatic N) is 2. The summed E-state index contributed by atoms with van der Waals surface area (Å²) in [5.41, 5.74) is 3.54. The van der Waals surface area contributed by atoms with Crippen molar-refractivity contribution in [3.63, 3.8) is 0 Å². The van der Waals surface area contributed by atoms with Gasteiger partial charge in [-0.25, -0.2) is 9.37 Å². The van der Waals surface area contributed by atoms with Crippen molar-refractivity contribution in [3.8, 4) is 28.5 Å². The van der Waals surface area contributed by atoms with Crippen LogP contribution in [-0.2, 0) is 4.79 Å². The van der Waals surface area contributed by atoms with Gasteiger partial charge >= 0.3 is 0 Å². The summed E-state index contributed by atoms with van der Waals surface area (Å²) in [6.45, 7) is 0. The largest absolute Gasteiger partial charge is 0.298 e. The average molecular weight is 388 g/mol. The molecule has 2 aromatic carbocycles. The number of aromatic nitrogens is 1. The molecule has 0 spiro atoms. The zero-order chi connectivity index (χ0) is 19.5. The molecule has 1 aliphatic carbocycles. The zero-order valence-corrected chi connectivity index (χ0v) is 15.9. The summed E-state index contributed by atoms with van der Waals surface area (Å²) in [6, 6.07) is 19.9. The minimum atomic E-state index is -0.315. The maximum Gasteiger partial charge on any atom is 0.146 e. The Labute approximate surface area is 167 Å². The summed E-state index contributed by atoms with van der Waals surface area (Å²) in [5, 5.41) is 10.3. The van der Waals surface area contributed by atoms with Gasteiger partial charge in [-0.2, -0.15) is 5.26 Å². The van der Waals surface area contributed by atoms with Gasteiger partial charge in [0.15, 0.2) is 0 Å². The first kappa shape index (κ1) is 18.4. The van der Waals surface area contributed by atoms with Gasteiger partial charge in [-0.1, -0.05) is 42.1 Å². The summed E-state index contributed by atoms with van der Waals surface area (Å²) < 4.78 is 13.3. The summed E-state index contributed by atoms with van der Waals surface area (Å²) in [5.74, 6) is 0.384. The number of ketones is 1. The number of Topliss-reactive ketones (excluding diaryl/α,β-unsaturated/α-hetero) is 1. The number of carbonyl (C=O) groups is 1. The maximum atomic E-state index is 13.3. The molecule has 0 N–H and O–H groups in total. The summed E-state index contributed by atoms with van der Waals surface area (Å²) in [6.07, 6.45) is 1.92. The van der Waals surface area contributed by atoms with Gasteiger partial charge in [-0.05, 0) is 48.7 Å². The molecule has 1 fully saturated rings. The van der Waals surface area contributed by atoms with Gasteiger partial charge in [0, 0.05) is 17.0 Å². The van der Waals surface area contributed by atoms with E-state index in [-0.39, 0.29) is 17.5 Å². The molecule has 28 heavy (non-hydrogen) atoms. The Kier molecular flexibility index (Phi) is 5.23. The molecule has 0 bridgehead atoms. The molecule has 138 valence electrons. The first-order valence-electron chi connectivity index (χ1n) is 9.07. The van der Waals surface area contributed by atoms with Crippen molar-refractivity contribution in [2.45, 2.75) is 17.9 Å². The van der Waals surface area contributed by atoms with Crippen LogP contribution >= 0.6 is 11.8 Å². The standard InChI is InChI=1S/C23H17FN2OS/c24-18-10-8-16(9-11-18)21-12-19(15-4-2-1-3-5-15)20(13-25)23(26-21)28-14-22(27)17-6-7-17/h1-5,8-12,17H,6-7,14H2. The van der Waals surface area contributed by atoms with Crippen LogP contribution in [0.4, 0.5) is 4.39 Å². The fourth-order valence-corrected chi connectivity index (χ4v) is 3.99. The van der Waals surface area contributed by atoms with Crippen LogP contribution in [-0.4, -0.2) is 16.5 Å². The van der Waals surface area contributed by atoms with Gasteiger partial charge in [0.2, 0.25) is 0 Å². The van der Waals surface area contributed by atoms with E-state index in [1.165, 1.54) is 23.9 Å². The SMILES string of the molecule is N#Cc1c(-c2ccccc2)cc(-c2ccc(F)cc2)nc1SCC(=O)C1CC1. The first-order valence-corrected chi connectivity index (χ1v) is 10.1. The van der Waals surface area contributed by atoms with Gasteiger partial charge < -0.3 is 0 Å². The third-order valence-corrected chi connectivity index (χ3v) is 5.70. The Morgan fingerprint density at radius 2 is 1.82 bits per heavy atom. The number of carbonyl (C=O) groups excluding carboxylic acids is 1. The van der Waals surface area contributed by atoms with E-state index in [0.29, 0.717) is 22.0 Å². The smallest absolute Gasteiger partial charge is 0.146 e. The average Bonchev–Trinajstić information content (AvgIpc) is 3.58. The Balaban J connectivity index is 1.80. The van der Waals surface area contributed by atoms with Crippen molar-refractivity contribution in [1.82, 2.24) is 4.98 Å². The van der Waals surface area contributed by atoms with Crippen LogP contribution in [0.15, 0.2) is 65.7 Å². The molecule has 0 radical (unpaired) electrons. The number of hydrogen-bond acceptors (Lipinski definition) is 4. The van der Waals surface area contributed by atoms with Gasteiger partial charge in [0.05, 0.1) is 17.0 Å². The van der Waals surface area contributed by atoms with Gasteiger partial charge in [-0.3, -0.25) is 4.79 Å². The highest BCUT2D eigenvalue weighted by molar-refractivity contribution is 8.00. The molecular weight excluding hydrogens is 371 g/mol. The number of benzene rings is 2. The van der Waals surface area contributed by atoms with Gasteiger partial charge in [-0.15, -0.1) is 0 Å². The number of thioether (sulfide) groups is 1. The van der Waals surface area contributed by atoms with E-state index in [9.17, 15) is 14.4 Å². The second-order valence-corrected chi connectivity index (χ2v) is 7.71. The molecule has 0 atom stereocenters. The van der Waals surface area contributed by atoms with Crippen LogP contribution in [0.25, 0.3) is 22.4 Å². The molecule has 0 amide bonds. The molecule has 3 nitrogen and oxygen atoms in total. The lowest BCUT2D eigenvalue weighted by atomic mass is 9.99. The van der Waals surface area contributed by atoms with Crippen LogP contribution < -0.4 is 0 Å². The van der Waals surface area contributed by atoms with Crippen LogP contribution in [0, 0.1) is 23.1 Å². The zero-order valence-electron chi connectivity index (χ0n) is 15.1. The second kappa shape index (κ2) is 7.95. The molecule has 1 saturated carbocycles. The number of hydrogen-bond donors (Lipinski definition) is 0. The number of pyridine rings is 1. The number of halogens is 1. The topological polar surface area (TPSA) is 53.8 Å². The summed E-state index contributed by atoms with van der Waals surface area (Å²) >= 11 is 1.31. The number of nitriles is 1. The molecule has 5 heteroatoms. The molecule has 3 aromatic rings.